The lowest BCUT2D eigenvalue weighted by Crippen LogP contribution is -2.35. The smallest absolute Gasteiger partial charge is 0.294 e. The predicted octanol–water partition coefficient (Wildman–Crippen LogP) is 0.191. The minimum absolute atomic E-state index is 0.0603. The van der Waals surface area contributed by atoms with Crippen LogP contribution in [0.5, 0.6) is 0 Å². The highest BCUT2D eigenvalue weighted by Gasteiger charge is 2.41. The molecule has 13 heteroatoms. The van der Waals surface area contributed by atoms with Crippen LogP contribution < -0.4 is 10.5 Å². The number of rotatable bonds is 7. The number of sulfone groups is 1. The molecule has 1 aromatic heterocycles. The van der Waals surface area contributed by atoms with Crippen molar-refractivity contribution >= 4 is 31.2 Å². The fraction of sp³-hybridized carbons (Fsp3) is 0.636. The Balaban J connectivity index is 2.41. The monoisotopic (exact) mass is 399 g/mol. The molecule has 1 aliphatic heterocycles. The van der Waals surface area contributed by atoms with E-state index in [1.807, 2.05) is 6.92 Å². The van der Waals surface area contributed by atoms with Crippen molar-refractivity contribution < 1.29 is 26.8 Å². The van der Waals surface area contributed by atoms with E-state index in [4.69, 9.17) is 5.14 Å². The van der Waals surface area contributed by atoms with E-state index >= 15 is 0 Å². The Morgan fingerprint density at radius 3 is 2.75 bits per heavy atom. The van der Waals surface area contributed by atoms with Gasteiger partial charge >= 0.3 is 0 Å². The van der Waals surface area contributed by atoms with Crippen LogP contribution in [0.3, 0.4) is 0 Å². The Morgan fingerprint density at radius 1 is 1.54 bits per heavy atom. The van der Waals surface area contributed by atoms with Gasteiger partial charge in [-0.05, 0) is 25.5 Å². The van der Waals surface area contributed by atoms with Crippen LogP contribution in [0.15, 0.2) is 14.5 Å². The van der Waals surface area contributed by atoms with E-state index in [1.54, 1.807) is 0 Å². The molecule has 0 radical (unpaired) electrons. The van der Waals surface area contributed by atoms with E-state index in [2.05, 4.69) is 10.2 Å². The van der Waals surface area contributed by atoms with Gasteiger partial charge < -0.3 is 10.2 Å². The zero-order valence-corrected chi connectivity index (χ0v) is 15.1. The highest BCUT2D eigenvalue weighted by molar-refractivity contribution is 7.95. The molecule has 3 N–H and O–H groups in total. The number of nitrogens with one attached hydrogen (secondary N) is 1. The number of thiophene rings is 1. The molecular weight excluding hydrogens is 382 g/mol. The van der Waals surface area contributed by atoms with Crippen molar-refractivity contribution in [3.8, 4) is 0 Å². The normalized spacial score (nSPS) is 22.8. The Morgan fingerprint density at radius 2 is 2.21 bits per heavy atom. The highest BCUT2D eigenvalue weighted by atomic mass is 32.3. The van der Waals surface area contributed by atoms with E-state index in [1.165, 1.54) is 6.07 Å². The first-order valence-corrected chi connectivity index (χ1v) is 10.9. The third kappa shape index (κ3) is 3.85. The quantitative estimate of drug-likeness (QED) is 0.485. The standard InChI is InChI=1S/C11H17N3O7S3/c1-2-13-9-5-7(3-4-21-14(15)16)23(17,18)11-8(9)6-10(22-11)24(12,19)20/h6-7,9,13H,2-5H2,1H3,(H2,12,19,20). The maximum absolute atomic E-state index is 12.7. The largest absolute Gasteiger partial charge is 0.314 e. The SMILES string of the molecule is CCNC1CC(CCO[N+](=O)[O-])S(=O)(=O)c2sc(S(N)(=O)=O)cc21. The number of primary sulfonamides is 1. The molecule has 2 atom stereocenters. The van der Waals surface area contributed by atoms with Gasteiger partial charge in [-0.25, -0.2) is 22.0 Å². The molecule has 0 saturated carbocycles. The summed E-state index contributed by atoms with van der Waals surface area (Å²) < 4.78 is 48.2. The number of nitrogens with zero attached hydrogens (tertiary/aromatic N) is 1. The van der Waals surface area contributed by atoms with Crippen molar-refractivity contribution in [3.05, 3.63) is 21.7 Å². The van der Waals surface area contributed by atoms with Crippen LogP contribution >= 0.6 is 11.3 Å². The van der Waals surface area contributed by atoms with Crippen LogP contribution in [0, 0.1) is 10.1 Å². The molecule has 1 aliphatic rings. The summed E-state index contributed by atoms with van der Waals surface area (Å²) in [7, 11) is -7.83. The first-order chi connectivity index (χ1) is 11.1. The summed E-state index contributed by atoms with van der Waals surface area (Å²) in [4.78, 5) is 14.4. The molecule has 2 rings (SSSR count). The molecule has 136 valence electrons. The van der Waals surface area contributed by atoms with E-state index in [0.717, 1.165) is 0 Å². The van der Waals surface area contributed by atoms with Gasteiger partial charge in [-0.3, -0.25) is 0 Å². The Kier molecular flexibility index (Phi) is 5.49. The summed E-state index contributed by atoms with van der Waals surface area (Å²) in [6.45, 7) is 2.03. The second-order valence-corrected chi connectivity index (χ2v) is 10.5. The van der Waals surface area contributed by atoms with Crippen molar-refractivity contribution in [1.82, 2.24) is 5.32 Å². The van der Waals surface area contributed by atoms with Gasteiger partial charge in [0.05, 0.1) is 11.9 Å². The first-order valence-electron chi connectivity index (χ1n) is 6.98. The van der Waals surface area contributed by atoms with Gasteiger partial charge in [-0.2, -0.15) is 0 Å². The van der Waals surface area contributed by atoms with E-state index < -0.39 is 30.2 Å². The number of nitrogens with two attached hydrogens (primary N) is 1. The Labute approximate surface area is 143 Å². The lowest BCUT2D eigenvalue weighted by molar-refractivity contribution is -0.757. The van der Waals surface area contributed by atoms with Gasteiger partial charge in [-0.1, -0.05) is 6.92 Å². The van der Waals surface area contributed by atoms with Crippen molar-refractivity contribution in [2.24, 2.45) is 5.14 Å². The summed E-state index contributed by atoms with van der Waals surface area (Å²) in [6, 6.07) is 0.908. The van der Waals surface area contributed by atoms with Crippen molar-refractivity contribution in [3.63, 3.8) is 0 Å². The maximum Gasteiger partial charge on any atom is 0.294 e. The van der Waals surface area contributed by atoms with Gasteiger partial charge in [0.15, 0.2) is 9.84 Å². The van der Waals surface area contributed by atoms with Crippen LogP contribution in [0.1, 0.15) is 31.4 Å². The van der Waals surface area contributed by atoms with Crippen molar-refractivity contribution in [1.29, 1.82) is 0 Å². The third-order valence-corrected chi connectivity index (χ3v) is 9.01. The lowest BCUT2D eigenvalue weighted by atomic mass is 10.0. The van der Waals surface area contributed by atoms with Crippen LogP contribution in [0.25, 0.3) is 0 Å². The maximum atomic E-state index is 12.7. The van der Waals surface area contributed by atoms with Crippen molar-refractivity contribution in [2.75, 3.05) is 13.2 Å². The van der Waals surface area contributed by atoms with Crippen molar-refractivity contribution in [2.45, 2.75) is 39.5 Å². The average Bonchev–Trinajstić information content (AvgIpc) is 2.90. The number of fused-ring (bicyclic) bond motifs is 1. The van der Waals surface area contributed by atoms with Gasteiger partial charge in [0.25, 0.3) is 5.09 Å². The topological polar surface area (TPSA) is 159 Å². The van der Waals surface area contributed by atoms with Gasteiger partial charge in [0.2, 0.25) is 10.0 Å². The molecule has 0 aromatic carbocycles. The van der Waals surface area contributed by atoms with Crippen LogP contribution in [0.4, 0.5) is 0 Å². The first kappa shape index (κ1) is 19.1. The van der Waals surface area contributed by atoms with Gasteiger partial charge in [-0.15, -0.1) is 21.5 Å². The van der Waals surface area contributed by atoms with Crippen LogP contribution in [0.2, 0.25) is 0 Å². The summed E-state index contributed by atoms with van der Waals surface area (Å²) in [5.74, 6) is 0. The zero-order valence-electron chi connectivity index (χ0n) is 12.7. The minimum Gasteiger partial charge on any atom is -0.314 e. The Hall–Kier alpha value is -1.28. The molecule has 0 saturated heterocycles. The fourth-order valence-electron chi connectivity index (χ4n) is 2.61. The number of sulfonamides is 1. The summed E-state index contributed by atoms with van der Waals surface area (Å²) in [5, 5.41) is 16.5. The van der Waals surface area contributed by atoms with Gasteiger partial charge in [0, 0.05) is 11.6 Å². The zero-order chi connectivity index (χ0) is 18.1. The molecule has 2 unspecified atom stereocenters. The molecule has 0 aliphatic carbocycles. The molecule has 1 aromatic rings. The highest BCUT2D eigenvalue weighted by Crippen LogP contribution is 2.43. The molecule has 10 nitrogen and oxygen atoms in total. The van der Waals surface area contributed by atoms with Crippen LogP contribution in [-0.4, -0.2) is 40.3 Å². The molecule has 0 fully saturated rings. The number of hydrogen-bond donors (Lipinski definition) is 2. The molecule has 0 spiro atoms. The molecule has 2 heterocycles. The fourth-order valence-corrected chi connectivity index (χ4v) is 7.29. The number of hydrogen-bond acceptors (Lipinski definition) is 9. The average molecular weight is 399 g/mol. The predicted molar refractivity (Wildman–Crippen MR) is 85.3 cm³/mol. The summed E-state index contributed by atoms with van der Waals surface area (Å²) >= 11 is 0.607. The lowest BCUT2D eigenvalue weighted by Gasteiger charge is -2.29. The van der Waals surface area contributed by atoms with Gasteiger partial charge in [0.1, 0.15) is 8.42 Å². The minimum atomic E-state index is -4.02. The molecular formula is C11H17N3O7S3. The van der Waals surface area contributed by atoms with E-state index in [0.29, 0.717) is 23.4 Å². The second-order valence-electron chi connectivity index (χ2n) is 5.21. The second kappa shape index (κ2) is 6.92. The van der Waals surface area contributed by atoms with E-state index in [9.17, 15) is 26.9 Å². The summed E-state index contributed by atoms with van der Waals surface area (Å²) in [6.07, 6.45) is 0.109. The summed E-state index contributed by atoms with van der Waals surface area (Å²) in [5.41, 5.74) is 0.373. The molecule has 24 heavy (non-hydrogen) atoms. The third-order valence-electron chi connectivity index (χ3n) is 3.64. The van der Waals surface area contributed by atoms with E-state index in [-0.39, 0.29) is 33.9 Å². The van der Waals surface area contributed by atoms with Crippen LogP contribution in [-0.2, 0) is 24.7 Å². The molecule has 0 bridgehead atoms. The Bertz CT molecular complexity index is 831. The molecule has 0 amide bonds.